The number of aliphatic hydroxyl groups excluding tert-OH is 1. The van der Waals surface area contributed by atoms with Gasteiger partial charge in [0.15, 0.2) is 23.2 Å². The van der Waals surface area contributed by atoms with E-state index >= 15 is 0 Å². The Labute approximate surface area is 248 Å². The van der Waals surface area contributed by atoms with Crippen molar-refractivity contribution >= 4 is 11.7 Å². The zero-order valence-electron chi connectivity index (χ0n) is 24.5. The summed E-state index contributed by atoms with van der Waals surface area (Å²) in [6, 6.07) is 12.0. The van der Waals surface area contributed by atoms with E-state index in [4.69, 9.17) is 14.2 Å². The number of benzene rings is 1. The fourth-order valence-electron chi connectivity index (χ4n) is 9.46. The molecule has 2 aromatic rings. The van der Waals surface area contributed by atoms with Gasteiger partial charge in [-0.1, -0.05) is 45.5 Å². The van der Waals surface area contributed by atoms with Gasteiger partial charge in [-0.3, -0.25) is 0 Å². The molecule has 4 saturated heterocycles. The molecule has 1 unspecified atom stereocenters. The van der Waals surface area contributed by atoms with Crippen LogP contribution in [0.4, 0.5) is 5.69 Å². The van der Waals surface area contributed by atoms with Crippen LogP contribution in [0.5, 0.6) is 0 Å². The second-order valence-electron chi connectivity index (χ2n) is 13.6. The second-order valence-corrected chi connectivity index (χ2v) is 13.6. The van der Waals surface area contributed by atoms with Gasteiger partial charge in [-0.15, -0.1) is 0 Å². The molecule has 5 aliphatic rings. The summed E-state index contributed by atoms with van der Waals surface area (Å²) in [7, 11) is 0. The summed E-state index contributed by atoms with van der Waals surface area (Å²) in [5.41, 5.74) is -5.64. The molecular weight excluding hydrogens is 558 g/mol. The molecule has 43 heavy (non-hydrogen) atoms. The number of carbonyl (C=O) groups excluding carboxylic acids is 1. The molecule has 5 heterocycles. The maximum absolute atomic E-state index is 13.5. The molecular formula is C31H39N3O9. The molecule has 4 aliphatic heterocycles. The fraction of sp³-hybridized carbons (Fsp3) is 0.581. The minimum Gasteiger partial charge on any atom is -0.449 e. The minimum absolute atomic E-state index is 0.0383. The van der Waals surface area contributed by atoms with Gasteiger partial charge in [0.05, 0.1) is 5.41 Å². The Kier molecular flexibility index (Phi) is 5.56. The Bertz CT molecular complexity index is 1500. The number of H-pyrrole nitrogens is 1. The number of aliphatic hydroxyl groups is 5. The van der Waals surface area contributed by atoms with Crippen LogP contribution in [0.15, 0.2) is 60.8 Å². The highest BCUT2D eigenvalue weighted by Gasteiger charge is 3.04. The van der Waals surface area contributed by atoms with Crippen LogP contribution in [-0.4, -0.2) is 82.8 Å². The van der Waals surface area contributed by atoms with Gasteiger partial charge in [0.1, 0.15) is 28.4 Å². The summed E-state index contributed by atoms with van der Waals surface area (Å²) < 4.78 is 19.3. The predicted octanol–water partition coefficient (Wildman–Crippen LogP) is 1.29. The number of fused-ring (bicyclic) bond motifs is 4. The van der Waals surface area contributed by atoms with Crippen LogP contribution in [0.2, 0.25) is 0 Å². The van der Waals surface area contributed by atoms with Gasteiger partial charge in [0.25, 0.3) is 0 Å². The van der Waals surface area contributed by atoms with E-state index in [1.165, 1.54) is 26.1 Å². The molecule has 1 saturated carbocycles. The molecule has 1 aliphatic carbocycles. The van der Waals surface area contributed by atoms with E-state index in [0.717, 1.165) is 0 Å². The molecule has 12 heteroatoms. The number of hydrogen-bond acceptors (Lipinski definition) is 11. The molecule has 10 atom stereocenters. The quantitative estimate of drug-likeness (QED) is 0.136. The van der Waals surface area contributed by atoms with Crippen molar-refractivity contribution in [3.63, 3.8) is 0 Å². The lowest BCUT2D eigenvalue weighted by Gasteiger charge is -2.75. The Balaban J connectivity index is 1.54. The van der Waals surface area contributed by atoms with Gasteiger partial charge in [-0.2, -0.15) is 0 Å². The maximum Gasteiger partial charge on any atom is 0.355 e. The highest BCUT2D eigenvalue weighted by Crippen LogP contribution is 2.84. The summed E-state index contributed by atoms with van der Waals surface area (Å²) >= 11 is 0. The Hall–Kier alpha value is -2.81. The number of hydrogen-bond donors (Lipinski definition) is 8. The molecule has 1 aromatic carbocycles. The summed E-state index contributed by atoms with van der Waals surface area (Å²) in [4.78, 5) is 16.3. The number of carbonyl (C=O) groups is 1. The van der Waals surface area contributed by atoms with Crippen LogP contribution in [0.3, 0.4) is 0 Å². The largest absolute Gasteiger partial charge is 0.449 e. The van der Waals surface area contributed by atoms with Crippen LogP contribution in [0.25, 0.3) is 0 Å². The highest BCUT2D eigenvalue weighted by atomic mass is 16.8. The Morgan fingerprint density at radius 3 is 2.42 bits per heavy atom. The van der Waals surface area contributed by atoms with Gasteiger partial charge < -0.3 is 50.2 Å². The molecule has 0 amide bonds. The van der Waals surface area contributed by atoms with Crippen LogP contribution in [0, 0.1) is 16.7 Å². The first kappa shape index (κ1) is 28.9. The fourth-order valence-corrected chi connectivity index (χ4v) is 9.46. The van der Waals surface area contributed by atoms with Crippen LogP contribution in [0.1, 0.15) is 57.4 Å². The molecule has 5 bridgehead atoms. The highest BCUT2D eigenvalue weighted by molar-refractivity contribution is 5.87. The predicted molar refractivity (Wildman–Crippen MR) is 151 cm³/mol. The third kappa shape index (κ3) is 2.72. The summed E-state index contributed by atoms with van der Waals surface area (Å²) in [5.74, 6) is -6.65. The first-order valence-electron chi connectivity index (χ1n) is 14.6. The molecule has 0 radical (unpaired) electrons. The maximum atomic E-state index is 13.5. The normalized spacial score (nSPS) is 49.3. The summed E-state index contributed by atoms with van der Waals surface area (Å²) in [6.45, 7) is 10.4. The van der Waals surface area contributed by atoms with Crippen molar-refractivity contribution in [3.05, 3.63) is 66.5 Å². The van der Waals surface area contributed by atoms with Gasteiger partial charge in [0.2, 0.25) is 5.79 Å². The summed E-state index contributed by atoms with van der Waals surface area (Å²) in [5, 5.41) is 63.7. The number of nitrogens with one attached hydrogen (secondary N) is 3. The third-order valence-electron chi connectivity index (χ3n) is 11.8. The van der Waals surface area contributed by atoms with Crippen molar-refractivity contribution in [2.24, 2.45) is 16.7 Å². The molecule has 8 N–H and O–H groups in total. The van der Waals surface area contributed by atoms with E-state index in [0.29, 0.717) is 11.3 Å². The lowest BCUT2D eigenvalue weighted by atomic mass is 9.43. The number of aromatic amines is 1. The third-order valence-corrected chi connectivity index (χ3v) is 11.8. The smallest absolute Gasteiger partial charge is 0.355 e. The molecule has 7 rings (SSSR count). The van der Waals surface area contributed by atoms with Gasteiger partial charge in [-0.05, 0) is 55.5 Å². The van der Waals surface area contributed by atoms with Gasteiger partial charge >= 0.3 is 5.97 Å². The number of rotatable bonds is 6. The zero-order chi connectivity index (χ0) is 31.1. The van der Waals surface area contributed by atoms with Crippen molar-refractivity contribution in [3.8, 4) is 0 Å². The van der Waals surface area contributed by atoms with E-state index in [9.17, 15) is 30.3 Å². The van der Waals surface area contributed by atoms with E-state index in [-0.39, 0.29) is 18.5 Å². The van der Waals surface area contributed by atoms with Crippen molar-refractivity contribution in [1.82, 2.24) is 10.4 Å². The molecule has 1 aromatic heterocycles. The van der Waals surface area contributed by atoms with Gasteiger partial charge in [-0.25, -0.2) is 10.2 Å². The molecule has 232 valence electrons. The Morgan fingerprint density at radius 1 is 1.09 bits per heavy atom. The average Bonchev–Trinajstić information content (AvgIpc) is 3.54. The second kappa shape index (κ2) is 8.26. The standard InChI is InChI=1S/C31H39N3O9/c1-17(2)28(39)23(41-22(36)20-12-9-15-32-20)30(40)24(4)16-27(38)25(28,5)31(43-30,34-33-19-10-7-6-8-11-19)29(42-27)21(35)18(3)13-14-26(24,29)37/h6-12,15,17,21,23,32-35,37-40H,3,13-14,16H2,1-2,4-5H3/t21-,23-,24+,25+,26+,27?,28-,29-,30+,31-/m1/s1. The van der Waals surface area contributed by atoms with E-state index < -0.39 is 75.4 Å². The Morgan fingerprint density at radius 2 is 1.79 bits per heavy atom. The topological polar surface area (TPSA) is 186 Å². The van der Waals surface area contributed by atoms with Gasteiger partial charge in [0, 0.05) is 18.3 Å². The number of para-hydroxylation sites is 1. The minimum atomic E-state index is -2.62. The number of aromatic nitrogens is 1. The monoisotopic (exact) mass is 597 g/mol. The molecule has 12 nitrogen and oxygen atoms in total. The van der Waals surface area contributed by atoms with E-state index in [2.05, 4.69) is 22.4 Å². The number of hydrazine groups is 1. The van der Waals surface area contributed by atoms with Crippen molar-refractivity contribution in [2.45, 2.75) is 93.3 Å². The zero-order valence-corrected chi connectivity index (χ0v) is 24.5. The lowest BCUT2D eigenvalue weighted by molar-refractivity contribution is -0.521. The first-order chi connectivity index (χ1) is 20.1. The molecule has 1 spiro atoms. The average molecular weight is 598 g/mol. The van der Waals surface area contributed by atoms with Crippen molar-refractivity contribution < 1.29 is 44.5 Å². The van der Waals surface area contributed by atoms with Crippen molar-refractivity contribution in [1.29, 1.82) is 0 Å². The first-order valence-corrected chi connectivity index (χ1v) is 14.6. The number of ether oxygens (including phenoxy) is 3. The summed E-state index contributed by atoms with van der Waals surface area (Å²) in [6.07, 6.45) is -2.20. The van der Waals surface area contributed by atoms with Crippen LogP contribution >= 0.6 is 0 Å². The number of anilines is 1. The van der Waals surface area contributed by atoms with E-state index in [1.54, 1.807) is 44.2 Å². The number of esters is 1. The van der Waals surface area contributed by atoms with Crippen LogP contribution < -0.4 is 10.9 Å². The lowest BCUT2D eigenvalue weighted by Crippen LogP contribution is -2.97. The SMILES string of the molecule is C=C1CC[C@]2(O)[C@]3(C)CC4(O)O[C@@]2([C@@H]1O)[C@]1(NNc2ccccc2)O[C@@]3(O)[C@H](OC(=O)c2ccc[nH]2)[C@](O)(C(C)C)[C@]41C. The van der Waals surface area contributed by atoms with Crippen LogP contribution in [-0.2, 0) is 14.2 Å². The molecule has 5 fully saturated rings. The van der Waals surface area contributed by atoms with E-state index in [1.807, 2.05) is 6.07 Å². The van der Waals surface area contributed by atoms with Crippen molar-refractivity contribution in [2.75, 3.05) is 5.43 Å².